The molecular weight excluding hydrogens is 350 g/mol. The Morgan fingerprint density at radius 2 is 2.04 bits per heavy atom. The van der Waals surface area contributed by atoms with E-state index in [0.717, 1.165) is 36.5 Å². The third-order valence-corrected chi connectivity index (χ3v) is 5.86. The van der Waals surface area contributed by atoms with Crippen LogP contribution in [-0.4, -0.2) is 46.7 Å². The fourth-order valence-corrected chi connectivity index (χ4v) is 4.13. The molecule has 2 N–H and O–H groups in total. The SMILES string of the molecule is CC(C)c1nccn1Cc1cccc(NC(=O)NCC2(N(C)C)CCCC2)c1. The van der Waals surface area contributed by atoms with Gasteiger partial charge < -0.3 is 20.1 Å². The summed E-state index contributed by atoms with van der Waals surface area (Å²) in [6.45, 7) is 5.71. The number of likely N-dealkylation sites (N-methyl/N-ethyl adjacent to an activating group) is 1. The minimum Gasteiger partial charge on any atom is -0.336 e. The molecule has 1 heterocycles. The van der Waals surface area contributed by atoms with E-state index >= 15 is 0 Å². The van der Waals surface area contributed by atoms with Crippen LogP contribution in [0.5, 0.6) is 0 Å². The van der Waals surface area contributed by atoms with Gasteiger partial charge in [-0.15, -0.1) is 0 Å². The summed E-state index contributed by atoms with van der Waals surface area (Å²) in [4.78, 5) is 19.2. The molecule has 0 aliphatic heterocycles. The maximum atomic E-state index is 12.4. The van der Waals surface area contributed by atoms with Crippen molar-refractivity contribution in [3.63, 3.8) is 0 Å². The average Bonchev–Trinajstić information content (AvgIpc) is 3.30. The van der Waals surface area contributed by atoms with E-state index in [1.54, 1.807) is 0 Å². The number of carbonyl (C=O) groups excluding carboxylic acids is 1. The first-order valence-electron chi connectivity index (χ1n) is 10.2. The fourth-order valence-electron chi connectivity index (χ4n) is 4.13. The first-order valence-corrected chi connectivity index (χ1v) is 10.2. The molecule has 1 saturated carbocycles. The van der Waals surface area contributed by atoms with Crippen molar-refractivity contribution in [3.8, 4) is 0 Å². The number of anilines is 1. The van der Waals surface area contributed by atoms with Gasteiger partial charge in [-0.3, -0.25) is 0 Å². The smallest absolute Gasteiger partial charge is 0.319 e. The summed E-state index contributed by atoms with van der Waals surface area (Å²) in [6.07, 6.45) is 8.59. The monoisotopic (exact) mass is 383 g/mol. The molecule has 1 aliphatic carbocycles. The molecule has 3 rings (SSSR count). The number of imidazole rings is 1. The fraction of sp³-hybridized carbons (Fsp3) is 0.545. The van der Waals surface area contributed by atoms with Gasteiger partial charge in [0, 0.05) is 42.6 Å². The molecule has 0 unspecified atom stereocenters. The summed E-state index contributed by atoms with van der Waals surface area (Å²) in [5, 5.41) is 6.06. The van der Waals surface area contributed by atoms with Gasteiger partial charge in [-0.2, -0.15) is 0 Å². The number of nitrogens with zero attached hydrogens (tertiary/aromatic N) is 3. The number of rotatable bonds is 7. The van der Waals surface area contributed by atoms with Crippen LogP contribution >= 0.6 is 0 Å². The second-order valence-electron chi connectivity index (χ2n) is 8.40. The second-order valence-corrected chi connectivity index (χ2v) is 8.40. The molecule has 152 valence electrons. The van der Waals surface area contributed by atoms with Crippen molar-refractivity contribution in [3.05, 3.63) is 48.0 Å². The molecular formula is C22H33N5O. The van der Waals surface area contributed by atoms with Crippen LogP contribution in [0.3, 0.4) is 0 Å². The molecule has 2 amide bonds. The summed E-state index contributed by atoms with van der Waals surface area (Å²) >= 11 is 0. The summed E-state index contributed by atoms with van der Waals surface area (Å²) in [5.41, 5.74) is 2.04. The Morgan fingerprint density at radius 3 is 2.71 bits per heavy atom. The number of carbonyl (C=O) groups is 1. The molecule has 6 nitrogen and oxygen atoms in total. The van der Waals surface area contributed by atoms with Crippen LogP contribution in [-0.2, 0) is 6.54 Å². The van der Waals surface area contributed by atoms with Crippen molar-refractivity contribution in [1.29, 1.82) is 0 Å². The third kappa shape index (κ3) is 4.73. The van der Waals surface area contributed by atoms with Crippen LogP contribution in [0.25, 0.3) is 0 Å². The van der Waals surface area contributed by atoms with Crippen molar-refractivity contribution in [1.82, 2.24) is 19.8 Å². The lowest BCUT2D eigenvalue weighted by Crippen LogP contribution is -2.51. The van der Waals surface area contributed by atoms with Crippen molar-refractivity contribution in [2.45, 2.75) is 57.5 Å². The van der Waals surface area contributed by atoms with E-state index in [0.29, 0.717) is 12.5 Å². The lowest BCUT2D eigenvalue weighted by Gasteiger charge is -2.36. The average molecular weight is 384 g/mol. The first-order chi connectivity index (χ1) is 13.4. The van der Waals surface area contributed by atoms with Crippen molar-refractivity contribution in [2.24, 2.45) is 0 Å². The lowest BCUT2D eigenvalue weighted by molar-refractivity contribution is 0.156. The highest BCUT2D eigenvalue weighted by molar-refractivity contribution is 5.89. The number of urea groups is 1. The quantitative estimate of drug-likeness (QED) is 0.758. The Hall–Kier alpha value is -2.34. The zero-order chi connectivity index (χ0) is 20.1. The van der Waals surface area contributed by atoms with Crippen molar-refractivity contribution in [2.75, 3.05) is 26.0 Å². The molecule has 1 fully saturated rings. The van der Waals surface area contributed by atoms with Gasteiger partial charge >= 0.3 is 6.03 Å². The zero-order valence-electron chi connectivity index (χ0n) is 17.5. The van der Waals surface area contributed by atoms with Gasteiger partial charge in [-0.05, 0) is 44.6 Å². The van der Waals surface area contributed by atoms with Gasteiger partial charge in [0.05, 0.1) is 0 Å². The van der Waals surface area contributed by atoms with Gasteiger partial charge in [0.15, 0.2) is 0 Å². The standard InChI is InChI=1S/C22H33N5O/c1-17(2)20-23-12-13-27(20)15-18-8-7-9-19(14-18)25-21(28)24-16-22(26(3)4)10-5-6-11-22/h7-9,12-14,17H,5-6,10-11,15-16H2,1-4H3,(H2,24,25,28). The molecule has 0 bridgehead atoms. The first kappa shape index (κ1) is 20.4. The summed E-state index contributed by atoms with van der Waals surface area (Å²) in [5.74, 6) is 1.45. The van der Waals surface area contributed by atoms with Gasteiger partial charge in [-0.1, -0.05) is 38.8 Å². The highest BCUT2D eigenvalue weighted by Gasteiger charge is 2.36. The molecule has 0 radical (unpaired) electrons. The summed E-state index contributed by atoms with van der Waals surface area (Å²) in [6, 6.07) is 7.87. The molecule has 6 heteroatoms. The normalized spacial score (nSPS) is 15.9. The molecule has 1 aliphatic rings. The van der Waals surface area contributed by atoms with Crippen LogP contribution in [0.15, 0.2) is 36.7 Å². The van der Waals surface area contributed by atoms with Crippen molar-refractivity contribution >= 4 is 11.7 Å². The van der Waals surface area contributed by atoms with E-state index in [1.165, 1.54) is 12.8 Å². The molecule has 1 aromatic heterocycles. The number of hydrogen-bond acceptors (Lipinski definition) is 3. The molecule has 2 aromatic rings. The molecule has 1 aromatic carbocycles. The van der Waals surface area contributed by atoms with E-state index in [2.05, 4.69) is 59.1 Å². The predicted molar refractivity (Wildman–Crippen MR) is 114 cm³/mol. The Balaban J connectivity index is 1.59. The maximum Gasteiger partial charge on any atom is 0.319 e. The number of amides is 2. The van der Waals surface area contributed by atoms with E-state index in [9.17, 15) is 4.79 Å². The van der Waals surface area contributed by atoms with Crippen LogP contribution in [0.1, 0.15) is 56.8 Å². The summed E-state index contributed by atoms with van der Waals surface area (Å²) in [7, 11) is 4.21. The highest BCUT2D eigenvalue weighted by Crippen LogP contribution is 2.33. The third-order valence-electron chi connectivity index (χ3n) is 5.86. The molecule has 0 atom stereocenters. The number of benzene rings is 1. The summed E-state index contributed by atoms with van der Waals surface area (Å²) < 4.78 is 2.16. The molecule has 0 spiro atoms. The zero-order valence-corrected chi connectivity index (χ0v) is 17.5. The van der Waals surface area contributed by atoms with Gasteiger partial charge in [-0.25, -0.2) is 9.78 Å². The topological polar surface area (TPSA) is 62.2 Å². The Labute approximate surface area is 168 Å². The Bertz CT molecular complexity index is 790. The molecule has 28 heavy (non-hydrogen) atoms. The van der Waals surface area contributed by atoms with Crippen molar-refractivity contribution < 1.29 is 4.79 Å². The Morgan fingerprint density at radius 1 is 1.29 bits per heavy atom. The Kier molecular flexibility index (Phi) is 6.39. The predicted octanol–water partition coefficient (Wildman–Crippen LogP) is 4.05. The van der Waals surface area contributed by atoms with Crippen LogP contribution in [0.2, 0.25) is 0 Å². The van der Waals surface area contributed by atoms with E-state index in [1.807, 2.05) is 30.6 Å². The highest BCUT2D eigenvalue weighted by atomic mass is 16.2. The van der Waals surface area contributed by atoms with Gasteiger partial charge in [0.1, 0.15) is 5.82 Å². The van der Waals surface area contributed by atoms with Crippen LogP contribution < -0.4 is 10.6 Å². The molecule has 0 saturated heterocycles. The van der Waals surface area contributed by atoms with Crippen LogP contribution in [0.4, 0.5) is 10.5 Å². The van der Waals surface area contributed by atoms with E-state index in [4.69, 9.17) is 0 Å². The van der Waals surface area contributed by atoms with Gasteiger partial charge in [0.2, 0.25) is 0 Å². The maximum absolute atomic E-state index is 12.4. The second kappa shape index (κ2) is 8.78. The largest absolute Gasteiger partial charge is 0.336 e. The van der Waals surface area contributed by atoms with Gasteiger partial charge in [0.25, 0.3) is 0 Å². The van der Waals surface area contributed by atoms with E-state index < -0.39 is 0 Å². The number of hydrogen-bond donors (Lipinski definition) is 2. The minimum atomic E-state index is -0.143. The lowest BCUT2D eigenvalue weighted by atomic mass is 9.96. The minimum absolute atomic E-state index is 0.0911. The number of nitrogens with one attached hydrogen (secondary N) is 2. The van der Waals surface area contributed by atoms with Crippen LogP contribution in [0, 0.1) is 0 Å². The number of aromatic nitrogens is 2. The van der Waals surface area contributed by atoms with E-state index in [-0.39, 0.29) is 11.6 Å².